The number of benzene rings is 1. The number of rotatable bonds is 10. The van der Waals surface area contributed by atoms with E-state index in [0.29, 0.717) is 19.4 Å². The molecule has 1 aliphatic rings. The highest BCUT2D eigenvalue weighted by atomic mass is 16.6. The topological polar surface area (TPSA) is 109 Å². The molecule has 0 unspecified atom stereocenters. The Balaban J connectivity index is 1.80. The van der Waals surface area contributed by atoms with Crippen molar-refractivity contribution in [3.05, 3.63) is 35.9 Å². The summed E-state index contributed by atoms with van der Waals surface area (Å²) in [7, 11) is 0. The van der Waals surface area contributed by atoms with Gasteiger partial charge in [0.05, 0.1) is 0 Å². The number of likely N-dealkylation sites (N-methyl/N-ethyl adjacent to an activating group) is 1. The molecular weight excluding hydrogens is 424 g/mol. The lowest BCUT2D eigenvalue weighted by atomic mass is 10.1. The van der Waals surface area contributed by atoms with Crippen molar-refractivity contribution in [2.24, 2.45) is 0 Å². The van der Waals surface area contributed by atoms with Crippen molar-refractivity contribution in [2.45, 2.75) is 71.2 Å². The largest absolute Gasteiger partial charge is 0.445 e. The van der Waals surface area contributed by atoms with Crippen LogP contribution in [0.1, 0.15) is 52.5 Å². The van der Waals surface area contributed by atoms with E-state index in [9.17, 15) is 14.4 Å². The van der Waals surface area contributed by atoms with Gasteiger partial charge < -0.3 is 30.3 Å². The summed E-state index contributed by atoms with van der Waals surface area (Å²) in [5.41, 5.74) is 0.238. The Morgan fingerprint density at radius 2 is 1.88 bits per heavy atom. The highest BCUT2D eigenvalue weighted by Gasteiger charge is 2.28. The van der Waals surface area contributed by atoms with Gasteiger partial charge in [0.1, 0.15) is 18.2 Å². The minimum absolute atomic E-state index is 0.0616. The van der Waals surface area contributed by atoms with Crippen LogP contribution in [0, 0.1) is 0 Å². The van der Waals surface area contributed by atoms with E-state index < -0.39 is 23.8 Å². The molecule has 1 aliphatic heterocycles. The zero-order valence-corrected chi connectivity index (χ0v) is 20.2. The van der Waals surface area contributed by atoms with Gasteiger partial charge in [-0.25, -0.2) is 9.59 Å². The predicted molar refractivity (Wildman–Crippen MR) is 126 cm³/mol. The van der Waals surface area contributed by atoms with E-state index in [1.807, 2.05) is 30.3 Å². The highest BCUT2D eigenvalue weighted by molar-refractivity contribution is 5.85. The lowest BCUT2D eigenvalue weighted by molar-refractivity contribution is -0.124. The Morgan fingerprint density at radius 1 is 1.15 bits per heavy atom. The summed E-state index contributed by atoms with van der Waals surface area (Å²) in [5.74, 6) is -0.240. The number of nitrogens with one attached hydrogen (secondary N) is 3. The molecule has 3 amide bonds. The van der Waals surface area contributed by atoms with Crippen LogP contribution in [-0.4, -0.2) is 66.9 Å². The van der Waals surface area contributed by atoms with Crippen molar-refractivity contribution in [1.29, 1.82) is 0 Å². The molecular formula is C24H38N4O5. The molecule has 1 heterocycles. The molecule has 0 saturated carbocycles. The van der Waals surface area contributed by atoms with Crippen LogP contribution in [0.25, 0.3) is 0 Å². The SMILES string of the molecule is CCN1CC[C@@H](NC(=O)[C@H](CCCNC(=O)OCc2ccccc2)NC(=O)OC(C)(C)C)C1. The summed E-state index contributed by atoms with van der Waals surface area (Å²) in [6.45, 7) is 10.6. The second-order valence-corrected chi connectivity index (χ2v) is 9.22. The molecule has 0 bridgehead atoms. The second-order valence-electron chi connectivity index (χ2n) is 9.22. The van der Waals surface area contributed by atoms with E-state index in [1.54, 1.807) is 20.8 Å². The minimum atomic E-state index is -0.752. The molecule has 0 aromatic heterocycles. The minimum Gasteiger partial charge on any atom is -0.445 e. The molecule has 9 nitrogen and oxygen atoms in total. The number of nitrogens with zero attached hydrogens (tertiary/aromatic N) is 1. The Hall–Kier alpha value is -2.81. The van der Waals surface area contributed by atoms with Crippen molar-refractivity contribution in [1.82, 2.24) is 20.9 Å². The van der Waals surface area contributed by atoms with Crippen LogP contribution in [0.2, 0.25) is 0 Å². The first-order valence-corrected chi connectivity index (χ1v) is 11.6. The maximum atomic E-state index is 12.9. The number of hydrogen-bond acceptors (Lipinski definition) is 6. The maximum Gasteiger partial charge on any atom is 0.408 e. The van der Waals surface area contributed by atoms with Gasteiger partial charge in [0.15, 0.2) is 0 Å². The monoisotopic (exact) mass is 462 g/mol. The van der Waals surface area contributed by atoms with Crippen molar-refractivity contribution in [3.8, 4) is 0 Å². The third-order valence-corrected chi connectivity index (χ3v) is 5.23. The van der Waals surface area contributed by atoms with Gasteiger partial charge in [-0.3, -0.25) is 4.79 Å². The van der Waals surface area contributed by atoms with Crippen LogP contribution in [0.3, 0.4) is 0 Å². The summed E-state index contributed by atoms with van der Waals surface area (Å²) in [6.07, 6.45) is 0.562. The number of amides is 3. The molecule has 1 fully saturated rings. The Morgan fingerprint density at radius 3 is 2.52 bits per heavy atom. The molecule has 1 aromatic carbocycles. The Bertz CT molecular complexity index is 766. The van der Waals surface area contributed by atoms with E-state index in [1.165, 1.54) is 0 Å². The van der Waals surface area contributed by atoms with Crippen molar-refractivity contribution < 1.29 is 23.9 Å². The molecule has 0 radical (unpaired) electrons. The summed E-state index contributed by atoms with van der Waals surface area (Å²) in [5, 5.41) is 8.40. The van der Waals surface area contributed by atoms with Gasteiger partial charge >= 0.3 is 12.2 Å². The molecule has 9 heteroatoms. The van der Waals surface area contributed by atoms with Gasteiger partial charge in [0.2, 0.25) is 5.91 Å². The third-order valence-electron chi connectivity index (χ3n) is 5.23. The van der Waals surface area contributed by atoms with Gasteiger partial charge in [0.25, 0.3) is 0 Å². The molecule has 2 atom stereocenters. The molecule has 1 aromatic rings. The van der Waals surface area contributed by atoms with Gasteiger partial charge in [-0.2, -0.15) is 0 Å². The molecule has 1 saturated heterocycles. The predicted octanol–water partition coefficient (Wildman–Crippen LogP) is 2.80. The fourth-order valence-corrected chi connectivity index (χ4v) is 3.53. The lowest BCUT2D eigenvalue weighted by Crippen LogP contribution is -2.51. The number of hydrogen-bond donors (Lipinski definition) is 3. The van der Waals surface area contributed by atoms with Gasteiger partial charge in [-0.1, -0.05) is 37.3 Å². The number of likely N-dealkylation sites (tertiary alicyclic amines) is 1. The Kier molecular flexibility index (Phi) is 10.4. The molecule has 0 aliphatic carbocycles. The summed E-state index contributed by atoms with van der Waals surface area (Å²) >= 11 is 0. The number of ether oxygens (including phenoxy) is 2. The van der Waals surface area contributed by atoms with Crippen LogP contribution >= 0.6 is 0 Å². The van der Waals surface area contributed by atoms with Crippen LogP contribution in [-0.2, 0) is 20.9 Å². The second kappa shape index (κ2) is 13.0. The van der Waals surface area contributed by atoms with E-state index in [-0.39, 0.29) is 18.6 Å². The van der Waals surface area contributed by atoms with E-state index in [2.05, 4.69) is 27.8 Å². The average Bonchev–Trinajstić information content (AvgIpc) is 3.21. The molecule has 0 spiro atoms. The fourth-order valence-electron chi connectivity index (χ4n) is 3.53. The first-order chi connectivity index (χ1) is 15.7. The maximum absolute atomic E-state index is 12.9. The summed E-state index contributed by atoms with van der Waals surface area (Å²) in [6, 6.07) is 8.72. The number of alkyl carbamates (subject to hydrolysis) is 2. The number of carbonyl (C=O) groups excluding carboxylic acids is 3. The zero-order valence-electron chi connectivity index (χ0n) is 20.2. The fraction of sp³-hybridized carbons (Fsp3) is 0.625. The van der Waals surface area contributed by atoms with Crippen LogP contribution in [0.5, 0.6) is 0 Å². The number of carbonyl (C=O) groups is 3. The first kappa shape index (κ1) is 26.4. The van der Waals surface area contributed by atoms with Crippen molar-refractivity contribution in [3.63, 3.8) is 0 Å². The standard InChI is InChI=1S/C24H38N4O5/c1-5-28-15-13-19(16-28)26-21(29)20(27-23(31)33-24(2,3)4)12-9-14-25-22(30)32-17-18-10-7-6-8-11-18/h6-8,10-11,19-20H,5,9,12-17H2,1-4H3,(H,25,30)(H,26,29)(H,27,31)/t19-,20+/m1/s1. The van der Waals surface area contributed by atoms with Gasteiger partial charge in [-0.05, 0) is 52.1 Å². The molecule has 33 heavy (non-hydrogen) atoms. The summed E-state index contributed by atoms with van der Waals surface area (Å²) < 4.78 is 10.5. The molecule has 184 valence electrons. The van der Waals surface area contributed by atoms with Gasteiger partial charge in [-0.15, -0.1) is 0 Å². The van der Waals surface area contributed by atoms with Crippen molar-refractivity contribution >= 4 is 18.1 Å². The normalized spacial score (nSPS) is 17.2. The zero-order chi connectivity index (χ0) is 24.3. The average molecular weight is 463 g/mol. The highest BCUT2D eigenvalue weighted by Crippen LogP contribution is 2.11. The smallest absolute Gasteiger partial charge is 0.408 e. The Labute approximate surface area is 196 Å². The lowest BCUT2D eigenvalue weighted by Gasteiger charge is -2.24. The van der Waals surface area contributed by atoms with Crippen molar-refractivity contribution in [2.75, 3.05) is 26.2 Å². The van der Waals surface area contributed by atoms with Crippen LogP contribution < -0.4 is 16.0 Å². The van der Waals surface area contributed by atoms with E-state index >= 15 is 0 Å². The molecule has 2 rings (SSSR count). The summed E-state index contributed by atoms with van der Waals surface area (Å²) in [4.78, 5) is 39.3. The van der Waals surface area contributed by atoms with E-state index in [4.69, 9.17) is 9.47 Å². The van der Waals surface area contributed by atoms with E-state index in [0.717, 1.165) is 31.6 Å². The third kappa shape index (κ3) is 10.6. The van der Waals surface area contributed by atoms with Crippen LogP contribution in [0.15, 0.2) is 30.3 Å². The molecule has 3 N–H and O–H groups in total. The quantitative estimate of drug-likeness (QED) is 0.462. The van der Waals surface area contributed by atoms with Gasteiger partial charge in [0, 0.05) is 25.7 Å². The van der Waals surface area contributed by atoms with Crippen LogP contribution in [0.4, 0.5) is 9.59 Å². The first-order valence-electron chi connectivity index (χ1n) is 11.6.